The van der Waals surface area contributed by atoms with E-state index in [-0.39, 0.29) is 0 Å². The Labute approximate surface area is 235 Å². The van der Waals surface area contributed by atoms with Crippen molar-refractivity contribution in [1.29, 1.82) is 0 Å². The van der Waals surface area contributed by atoms with Gasteiger partial charge < -0.3 is 10.0 Å². The summed E-state index contributed by atoms with van der Waals surface area (Å²) in [5.74, 6) is -0.657. The van der Waals surface area contributed by atoms with Gasteiger partial charge in [0.05, 0.1) is 0 Å². The molecule has 0 aliphatic rings. The molecule has 1 N–H and O–H groups in total. The predicted molar refractivity (Wildman–Crippen MR) is 167 cm³/mol. The lowest BCUT2D eigenvalue weighted by molar-refractivity contribution is -0.137. The summed E-state index contributed by atoms with van der Waals surface area (Å²) in [5, 5.41) is 8.46. The van der Waals surface area contributed by atoms with Gasteiger partial charge in [-0.05, 0) is 33.5 Å². The molecule has 0 atom stereocenters. The van der Waals surface area contributed by atoms with Crippen LogP contribution in [-0.2, 0) is 4.79 Å². The average Bonchev–Trinajstić information content (AvgIpc) is 2.87. The third kappa shape index (κ3) is 42.8. The summed E-state index contributed by atoms with van der Waals surface area (Å²) in [5.41, 5.74) is 0. The van der Waals surface area contributed by atoms with Crippen LogP contribution < -0.4 is 0 Å². The van der Waals surface area contributed by atoms with E-state index >= 15 is 0 Å². The summed E-state index contributed by atoms with van der Waals surface area (Å²) in [6, 6.07) is 0. The number of unbranched alkanes of at least 4 members (excludes halogenated alkanes) is 25. The SMILES string of the molecule is CCCCCCCCCCCCCC(=O)O.CCCCCCCCCCCCCCCCCCN(C)C. The second-order valence-corrected chi connectivity index (χ2v) is 11.8. The van der Waals surface area contributed by atoms with Crippen LogP contribution in [0.25, 0.3) is 0 Å². The molecule has 3 nitrogen and oxygen atoms in total. The van der Waals surface area contributed by atoms with Gasteiger partial charge in [-0.1, -0.05) is 174 Å². The molecule has 0 aromatic carbocycles. The van der Waals surface area contributed by atoms with Crippen LogP contribution in [-0.4, -0.2) is 36.6 Å². The van der Waals surface area contributed by atoms with Crippen LogP contribution in [0.3, 0.4) is 0 Å². The van der Waals surface area contributed by atoms with Gasteiger partial charge in [-0.25, -0.2) is 0 Å². The minimum absolute atomic E-state index is 0.344. The smallest absolute Gasteiger partial charge is 0.303 e. The van der Waals surface area contributed by atoms with Crippen molar-refractivity contribution in [3.8, 4) is 0 Å². The standard InChI is InChI=1S/C20H43N.C14H28O2/c1-4-5-6-7-8-9-10-11-12-13-14-15-16-17-18-19-20-21(2)3;1-2-3-4-5-6-7-8-9-10-11-12-13-14(15)16/h4-20H2,1-3H3;2-13H2,1H3,(H,15,16). The normalized spacial score (nSPS) is 11.1. The largest absolute Gasteiger partial charge is 0.481 e. The average molecular weight is 526 g/mol. The topological polar surface area (TPSA) is 40.5 Å². The summed E-state index contributed by atoms with van der Waals surface area (Å²) in [7, 11) is 4.34. The van der Waals surface area contributed by atoms with Crippen molar-refractivity contribution in [2.45, 2.75) is 194 Å². The lowest BCUT2D eigenvalue weighted by Crippen LogP contribution is -2.12. The van der Waals surface area contributed by atoms with Crippen LogP contribution in [0.4, 0.5) is 0 Å². The molecule has 0 spiro atoms. The fourth-order valence-corrected chi connectivity index (χ4v) is 4.92. The molecule has 0 bridgehead atoms. The first kappa shape index (κ1) is 38.6. The van der Waals surface area contributed by atoms with E-state index < -0.39 is 5.97 Å². The van der Waals surface area contributed by atoms with Crippen LogP contribution in [0.1, 0.15) is 194 Å². The molecule has 0 fully saturated rings. The number of rotatable bonds is 29. The van der Waals surface area contributed by atoms with Crippen molar-refractivity contribution in [3.05, 3.63) is 0 Å². The Balaban J connectivity index is 0. The summed E-state index contributed by atoms with van der Waals surface area (Å²) < 4.78 is 0. The first-order valence-electron chi connectivity index (χ1n) is 16.9. The van der Waals surface area contributed by atoms with Gasteiger partial charge in [0.25, 0.3) is 0 Å². The van der Waals surface area contributed by atoms with Gasteiger partial charge in [0.15, 0.2) is 0 Å². The van der Waals surface area contributed by atoms with E-state index in [4.69, 9.17) is 5.11 Å². The molecule has 0 amide bonds. The third-order valence-electron chi connectivity index (χ3n) is 7.45. The zero-order valence-electron chi connectivity index (χ0n) is 26.3. The van der Waals surface area contributed by atoms with Crippen molar-refractivity contribution in [2.75, 3.05) is 20.6 Å². The third-order valence-corrected chi connectivity index (χ3v) is 7.45. The Morgan fingerprint density at radius 1 is 0.432 bits per heavy atom. The minimum atomic E-state index is -0.657. The van der Waals surface area contributed by atoms with Gasteiger partial charge in [-0.3, -0.25) is 4.79 Å². The molecule has 0 aliphatic carbocycles. The van der Waals surface area contributed by atoms with Crippen LogP contribution >= 0.6 is 0 Å². The Hall–Kier alpha value is -0.570. The molecule has 0 heterocycles. The van der Waals surface area contributed by atoms with E-state index in [0.717, 1.165) is 12.8 Å². The van der Waals surface area contributed by atoms with Crippen molar-refractivity contribution in [3.63, 3.8) is 0 Å². The lowest BCUT2D eigenvalue weighted by atomic mass is 10.0. The molecule has 0 aromatic rings. The Kier molecular flexibility index (Phi) is 36.9. The highest BCUT2D eigenvalue weighted by Gasteiger charge is 1.97. The van der Waals surface area contributed by atoms with Gasteiger partial charge in [0.1, 0.15) is 0 Å². The summed E-state index contributed by atoms with van der Waals surface area (Å²) >= 11 is 0. The first-order chi connectivity index (χ1) is 18.0. The number of aliphatic carboxylic acids is 1. The Morgan fingerprint density at radius 3 is 0.919 bits per heavy atom. The van der Waals surface area contributed by atoms with Crippen molar-refractivity contribution >= 4 is 5.97 Å². The molecular weight excluding hydrogens is 454 g/mol. The minimum Gasteiger partial charge on any atom is -0.481 e. The Morgan fingerprint density at radius 2 is 0.676 bits per heavy atom. The molecule has 0 aliphatic heterocycles. The maximum Gasteiger partial charge on any atom is 0.303 e. The number of hydrogen-bond donors (Lipinski definition) is 1. The number of carboxylic acids is 1. The molecular formula is C34H71NO2. The van der Waals surface area contributed by atoms with E-state index in [9.17, 15) is 4.79 Å². The fraction of sp³-hybridized carbons (Fsp3) is 0.971. The number of carboxylic acid groups (broad SMARTS) is 1. The molecule has 37 heavy (non-hydrogen) atoms. The van der Waals surface area contributed by atoms with Gasteiger partial charge in [0.2, 0.25) is 0 Å². The van der Waals surface area contributed by atoms with Gasteiger partial charge in [-0.15, -0.1) is 0 Å². The molecule has 0 unspecified atom stereocenters. The summed E-state index contributed by atoms with van der Waals surface area (Å²) in [6.07, 6.45) is 37.7. The summed E-state index contributed by atoms with van der Waals surface area (Å²) in [6.45, 7) is 5.80. The zero-order chi connectivity index (χ0) is 27.7. The number of carbonyl (C=O) groups is 1. The zero-order valence-corrected chi connectivity index (χ0v) is 26.3. The fourth-order valence-electron chi connectivity index (χ4n) is 4.92. The highest BCUT2D eigenvalue weighted by atomic mass is 16.4. The maximum atomic E-state index is 10.3. The van der Waals surface area contributed by atoms with Crippen molar-refractivity contribution in [2.24, 2.45) is 0 Å². The van der Waals surface area contributed by atoms with Crippen LogP contribution in [0.2, 0.25) is 0 Å². The summed E-state index contributed by atoms with van der Waals surface area (Å²) in [4.78, 5) is 12.6. The monoisotopic (exact) mass is 526 g/mol. The van der Waals surface area contributed by atoms with Crippen LogP contribution in [0.15, 0.2) is 0 Å². The van der Waals surface area contributed by atoms with E-state index in [0.29, 0.717) is 6.42 Å². The molecule has 3 heteroatoms. The van der Waals surface area contributed by atoms with E-state index in [2.05, 4.69) is 32.8 Å². The Bertz CT molecular complexity index is 411. The molecule has 0 aromatic heterocycles. The highest BCUT2D eigenvalue weighted by Crippen LogP contribution is 2.14. The number of nitrogens with zero attached hydrogens (tertiary/aromatic N) is 1. The van der Waals surface area contributed by atoms with Gasteiger partial charge in [-0.2, -0.15) is 0 Å². The van der Waals surface area contributed by atoms with Crippen LogP contribution in [0.5, 0.6) is 0 Å². The van der Waals surface area contributed by atoms with E-state index in [1.54, 1.807) is 0 Å². The van der Waals surface area contributed by atoms with Gasteiger partial charge in [0, 0.05) is 6.42 Å². The number of hydrogen-bond acceptors (Lipinski definition) is 2. The van der Waals surface area contributed by atoms with Crippen molar-refractivity contribution in [1.82, 2.24) is 4.90 Å². The molecule has 0 radical (unpaired) electrons. The molecule has 224 valence electrons. The maximum absolute atomic E-state index is 10.3. The van der Waals surface area contributed by atoms with Gasteiger partial charge >= 0.3 is 5.97 Å². The second-order valence-electron chi connectivity index (χ2n) is 11.8. The van der Waals surface area contributed by atoms with E-state index in [1.165, 1.54) is 167 Å². The quantitative estimate of drug-likeness (QED) is 0.0987. The lowest BCUT2D eigenvalue weighted by Gasteiger charge is -2.08. The molecule has 0 rings (SSSR count). The molecule has 0 saturated carbocycles. The van der Waals surface area contributed by atoms with Crippen LogP contribution in [0, 0.1) is 0 Å². The van der Waals surface area contributed by atoms with Crippen molar-refractivity contribution < 1.29 is 9.90 Å². The molecule has 0 saturated heterocycles. The predicted octanol–water partition coefficient (Wildman–Crippen LogP) is 11.6. The first-order valence-corrected chi connectivity index (χ1v) is 16.9. The van der Waals surface area contributed by atoms with E-state index in [1.807, 2.05) is 0 Å². The second kappa shape index (κ2) is 35.4. The highest BCUT2D eigenvalue weighted by molar-refractivity contribution is 5.66.